The lowest BCUT2D eigenvalue weighted by Gasteiger charge is -2.52. The quantitative estimate of drug-likeness (QED) is 0.362. The molecule has 1 fully saturated rings. The Morgan fingerprint density at radius 1 is 1.36 bits per heavy atom. The number of ether oxygens (including phenoxy) is 4. The van der Waals surface area contributed by atoms with Gasteiger partial charge in [-0.25, -0.2) is 0 Å². The van der Waals surface area contributed by atoms with E-state index in [1.165, 1.54) is 0 Å². The summed E-state index contributed by atoms with van der Waals surface area (Å²) < 4.78 is 21.2. The molecule has 0 amide bonds. The fraction of sp³-hybridized carbons (Fsp3) is 0.810. The summed E-state index contributed by atoms with van der Waals surface area (Å²) in [6.07, 6.45) is 3.09. The van der Waals surface area contributed by atoms with E-state index in [-0.39, 0.29) is 35.9 Å². The molecule has 6 atom stereocenters. The highest BCUT2D eigenvalue weighted by Crippen LogP contribution is 2.54. The van der Waals surface area contributed by atoms with Crippen LogP contribution in [0.1, 0.15) is 40.5 Å². The molecule has 0 aromatic rings. The molecule has 0 aromatic heterocycles. The Labute approximate surface area is 167 Å². The highest BCUT2D eigenvalue weighted by molar-refractivity contribution is 5.96. The number of rotatable bonds is 9. The first-order valence-corrected chi connectivity index (χ1v) is 9.96. The third-order valence-electron chi connectivity index (χ3n) is 6.62. The van der Waals surface area contributed by atoms with Crippen LogP contribution in [0, 0.1) is 29.1 Å². The van der Waals surface area contributed by atoms with Crippen molar-refractivity contribution in [1.29, 1.82) is 0 Å². The molecular formula is C21H34O7. The van der Waals surface area contributed by atoms with E-state index in [0.717, 1.165) is 12.0 Å². The zero-order valence-corrected chi connectivity index (χ0v) is 17.6. The second-order valence-corrected chi connectivity index (χ2v) is 8.30. The van der Waals surface area contributed by atoms with Crippen molar-refractivity contribution < 1.29 is 33.6 Å². The van der Waals surface area contributed by atoms with E-state index >= 15 is 0 Å². The number of hydrogen-bond donors (Lipinski definition) is 1. The molecule has 0 heterocycles. The Bertz CT molecular complexity index is 587. The molecule has 1 N–H and O–H groups in total. The van der Waals surface area contributed by atoms with Crippen LogP contribution in [0.3, 0.4) is 0 Å². The summed E-state index contributed by atoms with van der Waals surface area (Å²) in [6.45, 7) is 8.67. The molecule has 1 unspecified atom stereocenters. The van der Waals surface area contributed by atoms with Crippen molar-refractivity contribution in [2.24, 2.45) is 29.1 Å². The number of allylic oxidation sites excluding steroid dienone is 2. The molecule has 0 spiro atoms. The minimum absolute atomic E-state index is 0.00162. The van der Waals surface area contributed by atoms with Crippen LogP contribution in [0.15, 0.2) is 11.6 Å². The number of aliphatic hydroxyl groups excluding tert-OH is 1. The summed E-state index contributed by atoms with van der Waals surface area (Å²) >= 11 is 0. The van der Waals surface area contributed by atoms with Crippen molar-refractivity contribution >= 4 is 11.8 Å². The summed E-state index contributed by atoms with van der Waals surface area (Å²) in [5.41, 5.74) is 0.896. The molecular weight excluding hydrogens is 364 g/mol. The average molecular weight is 398 g/mol. The second kappa shape index (κ2) is 9.96. The molecule has 1 saturated carbocycles. The van der Waals surface area contributed by atoms with E-state index in [0.29, 0.717) is 19.6 Å². The van der Waals surface area contributed by atoms with Gasteiger partial charge in [0.25, 0.3) is 0 Å². The summed E-state index contributed by atoms with van der Waals surface area (Å²) in [7, 11) is 1.63. The van der Waals surface area contributed by atoms with Crippen molar-refractivity contribution in [3.8, 4) is 0 Å². The van der Waals surface area contributed by atoms with Gasteiger partial charge in [0.1, 0.15) is 6.79 Å². The molecule has 0 aromatic carbocycles. The van der Waals surface area contributed by atoms with Crippen LogP contribution in [-0.2, 0) is 28.5 Å². The normalized spacial score (nSPS) is 33.8. The molecule has 2 aliphatic rings. The van der Waals surface area contributed by atoms with Gasteiger partial charge in [0, 0.05) is 13.0 Å². The first-order valence-electron chi connectivity index (χ1n) is 9.96. The number of ketones is 1. The summed E-state index contributed by atoms with van der Waals surface area (Å²) in [5.74, 6) is -1.21. The SMILES string of the molecule is COCCOCO[C@H]1[C@H](C)CC2=CC(=O)[C@H](C(C)C(=O)OCO)C[C@]2(C)[C@H]1C. The number of esters is 1. The Morgan fingerprint density at radius 3 is 2.71 bits per heavy atom. The monoisotopic (exact) mass is 398 g/mol. The number of carbonyl (C=O) groups excluding carboxylic acids is 2. The molecule has 2 aliphatic carbocycles. The first kappa shape index (κ1) is 23.0. The fourth-order valence-corrected chi connectivity index (χ4v) is 4.64. The zero-order valence-electron chi connectivity index (χ0n) is 17.6. The topological polar surface area (TPSA) is 91.3 Å². The third-order valence-corrected chi connectivity index (χ3v) is 6.62. The van der Waals surface area contributed by atoms with Crippen molar-refractivity contribution in [2.45, 2.75) is 46.6 Å². The van der Waals surface area contributed by atoms with Crippen molar-refractivity contribution in [3.63, 3.8) is 0 Å². The lowest BCUT2D eigenvalue weighted by molar-refractivity contribution is -0.163. The first-order chi connectivity index (χ1) is 13.3. The Morgan fingerprint density at radius 2 is 2.07 bits per heavy atom. The van der Waals surface area contributed by atoms with E-state index in [4.69, 9.17) is 24.1 Å². The van der Waals surface area contributed by atoms with Crippen molar-refractivity contribution in [2.75, 3.05) is 33.9 Å². The van der Waals surface area contributed by atoms with Crippen LogP contribution in [0.5, 0.6) is 0 Å². The van der Waals surface area contributed by atoms with Gasteiger partial charge in [0.2, 0.25) is 0 Å². The fourth-order valence-electron chi connectivity index (χ4n) is 4.64. The lowest BCUT2D eigenvalue weighted by Crippen LogP contribution is -2.50. The van der Waals surface area contributed by atoms with Crippen LogP contribution < -0.4 is 0 Å². The van der Waals surface area contributed by atoms with Gasteiger partial charge >= 0.3 is 5.97 Å². The summed E-state index contributed by atoms with van der Waals surface area (Å²) in [4.78, 5) is 24.8. The predicted molar refractivity (Wildman–Crippen MR) is 102 cm³/mol. The Balaban J connectivity index is 2.13. The third kappa shape index (κ3) is 4.82. The maximum Gasteiger partial charge on any atom is 0.311 e. The predicted octanol–water partition coefficient (Wildman–Crippen LogP) is 2.32. The molecule has 28 heavy (non-hydrogen) atoms. The zero-order chi connectivity index (χ0) is 20.9. The Kier molecular flexibility index (Phi) is 8.18. The van der Waals surface area contributed by atoms with Gasteiger partial charge in [-0.1, -0.05) is 33.3 Å². The van der Waals surface area contributed by atoms with Crippen molar-refractivity contribution in [1.82, 2.24) is 0 Å². The molecule has 0 aliphatic heterocycles. The van der Waals surface area contributed by atoms with Gasteiger partial charge in [-0.15, -0.1) is 0 Å². The minimum atomic E-state index is -0.671. The van der Waals surface area contributed by atoms with Gasteiger partial charge in [0.05, 0.1) is 25.2 Å². The van der Waals surface area contributed by atoms with Gasteiger partial charge in [-0.05, 0) is 36.2 Å². The van der Waals surface area contributed by atoms with Gasteiger partial charge < -0.3 is 24.1 Å². The second-order valence-electron chi connectivity index (χ2n) is 8.30. The molecule has 0 bridgehead atoms. The van der Waals surface area contributed by atoms with E-state index < -0.39 is 24.6 Å². The number of aliphatic hydroxyl groups is 1. The van der Waals surface area contributed by atoms with E-state index in [9.17, 15) is 9.59 Å². The van der Waals surface area contributed by atoms with Crippen LogP contribution >= 0.6 is 0 Å². The lowest BCUT2D eigenvalue weighted by atomic mass is 9.54. The van der Waals surface area contributed by atoms with Gasteiger partial charge in [-0.3, -0.25) is 9.59 Å². The van der Waals surface area contributed by atoms with Crippen molar-refractivity contribution in [3.05, 3.63) is 11.6 Å². The number of fused-ring (bicyclic) bond motifs is 1. The number of hydrogen-bond acceptors (Lipinski definition) is 7. The minimum Gasteiger partial charge on any atom is -0.438 e. The van der Waals surface area contributed by atoms with Gasteiger partial charge in [-0.2, -0.15) is 0 Å². The standard InChI is InChI=1S/C21H34O7/c1-13-8-16-9-18(23)17(14(2)20(24)27-11-22)10-21(16,4)15(3)19(13)28-12-26-7-6-25-5/h9,13-15,17,19,22H,6-8,10-12H2,1-5H3/t13-,14?,15+,17+,19+,21-/m1/s1. The van der Waals surface area contributed by atoms with Crippen LogP contribution in [0.25, 0.3) is 0 Å². The summed E-state index contributed by atoms with van der Waals surface area (Å²) in [5, 5.41) is 8.85. The number of methoxy groups -OCH3 is 1. The van der Waals surface area contributed by atoms with E-state index in [1.54, 1.807) is 20.1 Å². The van der Waals surface area contributed by atoms with E-state index in [1.807, 2.05) is 0 Å². The smallest absolute Gasteiger partial charge is 0.311 e. The highest BCUT2D eigenvalue weighted by Gasteiger charge is 2.51. The van der Waals surface area contributed by atoms with Crippen LogP contribution in [-0.4, -0.2) is 56.9 Å². The largest absolute Gasteiger partial charge is 0.438 e. The molecule has 160 valence electrons. The molecule has 0 saturated heterocycles. The number of carbonyl (C=O) groups is 2. The molecule has 7 heteroatoms. The highest BCUT2D eigenvalue weighted by atomic mass is 16.7. The molecule has 7 nitrogen and oxygen atoms in total. The van der Waals surface area contributed by atoms with E-state index in [2.05, 4.69) is 20.8 Å². The van der Waals surface area contributed by atoms with Gasteiger partial charge in [0.15, 0.2) is 12.6 Å². The van der Waals surface area contributed by atoms with Crippen LogP contribution in [0.4, 0.5) is 0 Å². The maximum atomic E-state index is 12.7. The maximum absolute atomic E-state index is 12.7. The summed E-state index contributed by atoms with van der Waals surface area (Å²) in [6, 6.07) is 0. The Hall–Kier alpha value is -1.28. The average Bonchev–Trinajstić information content (AvgIpc) is 2.65. The molecule has 0 radical (unpaired) electrons. The van der Waals surface area contributed by atoms with Crippen LogP contribution in [0.2, 0.25) is 0 Å². The molecule has 2 rings (SSSR count).